The van der Waals surface area contributed by atoms with Gasteiger partial charge in [0.2, 0.25) is 0 Å². The minimum absolute atomic E-state index is 0.533. The van der Waals surface area contributed by atoms with E-state index in [0.29, 0.717) is 5.92 Å². The molecule has 1 aliphatic heterocycles. The Kier molecular flexibility index (Phi) is 3.38. The summed E-state index contributed by atoms with van der Waals surface area (Å²) in [5.74, 6) is 1.68. The van der Waals surface area contributed by atoms with Crippen molar-refractivity contribution in [2.75, 3.05) is 13.1 Å². The number of piperidine rings is 1. The second kappa shape index (κ2) is 5.17. The molecule has 3 rings (SSSR count). The fourth-order valence-electron chi connectivity index (χ4n) is 2.84. The number of aryl methyl sites for hydroxylation is 2. The van der Waals surface area contributed by atoms with E-state index in [0.717, 1.165) is 36.8 Å². The van der Waals surface area contributed by atoms with Gasteiger partial charge in [0.15, 0.2) is 0 Å². The first-order valence-corrected chi connectivity index (χ1v) is 6.93. The molecule has 5 nitrogen and oxygen atoms in total. The predicted octanol–water partition coefficient (Wildman–Crippen LogP) is 1.83. The zero-order valence-corrected chi connectivity index (χ0v) is 11.6. The predicted molar refractivity (Wildman–Crippen MR) is 73.8 cm³/mol. The number of hydrogen-bond donors (Lipinski definition) is 1. The van der Waals surface area contributed by atoms with E-state index in [1.54, 1.807) is 0 Å². The van der Waals surface area contributed by atoms with Crippen molar-refractivity contribution in [1.82, 2.24) is 24.6 Å². The van der Waals surface area contributed by atoms with Crippen molar-refractivity contribution in [1.29, 1.82) is 0 Å². The third kappa shape index (κ3) is 2.87. The summed E-state index contributed by atoms with van der Waals surface area (Å²) in [6, 6.07) is 2.10. The minimum atomic E-state index is 0.533. The Labute approximate surface area is 113 Å². The van der Waals surface area contributed by atoms with Gasteiger partial charge >= 0.3 is 0 Å². The van der Waals surface area contributed by atoms with Crippen LogP contribution in [0.1, 0.15) is 36.0 Å². The molecule has 2 aromatic rings. The molecule has 0 unspecified atom stereocenters. The number of likely N-dealkylation sites (tertiary alicyclic amines) is 1. The topological polar surface area (TPSA) is 49.7 Å². The molecule has 0 saturated carbocycles. The molecule has 19 heavy (non-hydrogen) atoms. The Hall–Kier alpha value is -1.62. The summed E-state index contributed by atoms with van der Waals surface area (Å²) in [4.78, 5) is 10.3. The van der Waals surface area contributed by atoms with Crippen LogP contribution in [0.3, 0.4) is 0 Å². The highest BCUT2D eigenvalue weighted by Crippen LogP contribution is 2.25. The Balaban J connectivity index is 1.64. The van der Waals surface area contributed by atoms with Gasteiger partial charge in [0, 0.05) is 44.1 Å². The van der Waals surface area contributed by atoms with Crippen molar-refractivity contribution in [3.63, 3.8) is 0 Å². The van der Waals surface area contributed by atoms with E-state index in [-0.39, 0.29) is 0 Å². The Morgan fingerprint density at radius 3 is 3.05 bits per heavy atom. The summed E-state index contributed by atoms with van der Waals surface area (Å²) in [5, 5.41) is 4.46. The van der Waals surface area contributed by atoms with Gasteiger partial charge in [0.1, 0.15) is 5.82 Å². The number of aromatic nitrogens is 4. The second-order valence-corrected chi connectivity index (χ2v) is 5.51. The van der Waals surface area contributed by atoms with Gasteiger partial charge in [-0.3, -0.25) is 9.58 Å². The number of nitrogens with zero attached hydrogens (tertiary/aromatic N) is 4. The van der Waals surface area contributed by atoms with Crippen LogP contribution in [0.4, 0.5) is 0 Å². The summed E-state index contributed by atoms with van der Waals surface area (Å²) in [6.07, 6.45) is 6.39. The van der Waals surface area contributed by atoms with Crippen LogP contribution in [0.15, 0.2) is 18.5 Å². The number of H-pyrrole nitrogens is 1. The summed E-state index contributed by atoms with van der Waals surface area (Å²) in [7, 11) is 1.97. The Morgan fingerprint density at radius 1 is 1.47 bits per heavy atom. The fraction of sp³-hybridized carbons (Fsp3) is 0.571. The van der Waals surface area contributed by atoms with Crippen LogP contribution in [-0.4, -0.2) is 37.7 Å². The molecule has 0 aliphatic carbocycles. The van der Waals surface area contributed by atoms with E-state index in [9.17, 15) is 0 Å². The normalized spacial score (nSPS) is 20.8. The van der Waals surface area contributed by atoms with Crippen molar-refractivity contribution in [3.8, 4) is 0 Å². The zero-order valence-electron chi connectivity index (χ0n) is 11.6. The number of hydrogen-bond acceptors (Lipinski definition) is 3. The Morgan fingerprint density at radius 2 is 2.37 bits per heavy atom. The molecule has 2 aromatic heterocycles. The standard InChI is InChI=1S/C14H21N5/c1-11-8-15-14(16-11)12-4-3-6-19(9-12)10-13-5-7-18(2)17-13/h5,7-8,12H,3-4,6,9-10H2,1-2H3,(H,15,16)/t12-/m0/s1. The van der Waals surface area contributed by atoms with E-state index in [4.69, 9.17) is 0 Å². The highest BCUT2D eigenvalue weighted by molar-refractivity contribution is 5.06. The molecule has 0 radical (unpaired) electrons. The molecule has 1 saturated heterocycles. The van der Waals surface area contributed by atoms with Gasteiger partial charge in [0.25, 0.3) is 0 Å². The first-order valence-electron chi connectivity index (χ1n) is 6.93. The zero-order chi connectivity index (χ0) is 13.2. The summed E-state index contributed by atoms with van der Waals surface area (Å²) < 4.78 is 1.87. The van der Waals surface area contributed by atoms with E-state index < -0.39 is 0 Å². The van der Waals surface area contributed by atoms with Crippen LogP contribution in [0.25, 0.3) is 0 Å². The average Bonchev–Trinajstić information content (AvgIpc) is 2.99. The van der Waals surface area contributed by atoms with Crippen molar-refractivity contribution < 1.29 is 0 Å². The summed E-state index contributed by atoms with van der Waals surface area (Å²) in [6.45, 7) is 5.23. The van der Waals surface area contributed by atoms with Crippen molar-refractivity contribution in [3.05, 3.63) is 35.7 Å². The molecule has 0 spiro atoms. The fourth-order valence-corrected chi connectivity index (χ4v) is 2.84. The van der Waals surface area contributed by atoms with E-state index in [2.05, 4.69) is 33.0 Å². The van der Waals surface area contributed by atoms with Gasteiger partial charge in [-0.1, -0.05) is 0 Å². The number of nitrogens with one attached hydrogen (secondary N) is 1. The van der Waals surface area contributed by atoms with E-state index >= 15 is 0 Å². The van der Waals surface area contributed by atoms with Crippen LogP contribution >= 0.6 is 0 Å². The molecular formula is C14H21N5. The first kappa shape index (κ1) is 12.4. The average molecular weight is 259 g/mol. The molecular weight excluding hydrogens is 238 g/mol. The molecule has 1 fully saturated rings. The van der Waals surface area contributed by atoms with Gasteiger partial charge in [0.05, 0.1) is 5.69 Å². The highest BCUT2D eigenvalue weighted by Gasteiger charge is 2.23. The molecule has 0 bridgehead atoms. The van der Waals surface area contributed by atoms with Gasteiger partial charge in [-0.2, -0.15) is 5.10 Å². The van der Waals surface area contributed by atoms with E-state index in [1.807, 2.05) is 24.1 Å². The maximum Gasteiger partial charge on any atom is 0.110 e. The lowest BCUT2D eigenvalue weighted by Gasteiger charge is -2.31. The van der Waals surface area contributed by atoms with Crippen molar-refractivity contribution in [2.24, 2.45) is 7.05 Å². The molecule has 102 valence electrons. The summed E-state index contributed by atoms with van der Waals surface area (Å²) in [5.41, 5.74) is 2.30. The van der Waals surface area contributed by atoms with Crippen molar-refractivity contribution in [2.45, 2.75) is 32.2 Å². The molecule has 1 N–H and O–H groups in total. The molecule has 1 aliphatic rings. The number of imidazole rings is 1. The van der Waals surface area contributed by atoms with Gasteiger partial charge < -0.3 is 4.98 Å². The van der Waals surface area contributed by atoms with Gasteiger partial charge in [-0.05, 0) is 32.4 Å². The SMILES string of the molecule is Cc1cnc([C@H]2CCCN(Cc3ccn(C)n3)C2)[nH]1. The number of aromatic amines is 1. The first-order chi connectivity index (χ1) is 9.20. The third-order valence-corrected chi connectivity index (χ3v) is 3.77. The van der Waals surface area contributed by atoms with Gasteiger partial charge in [-0.25, -0.2) is 4.98 Å². The van der Waals surface area contributed by atoms with Crippen LogP contribution in [0.2, 0.25) is 0 Å². The monoisotopic (exact) mass is 259 g/mol. The number of rotatable bonds is 3. The van der Waals surface area contributed by atoms with E-state index in [1.165, 1.54) is 12.8 Å². The maximum absolute atomic E-state index is 4.48. The smallest absolute Gasteiger partial charge is 0.110 e. The minimum Gasteiger partial charge on any atom is -0.346 e. The van der Waals surface area contributed by atoms with Gasteiger partial charge in [-0.15, -0.1) is 0 Å². The largest absolute Gasteiger partial charge is 0.346 e. The summed E-state index contributed by atoms with van der Waals surface area (Å²) >= 11 is 0. The molecule has 0 aromatic carbocycles. The van der Waals surface area contributed by atoms with Crippen molar-refractivity contribution >= 4 is 0 Å². The Bertz CT molecular complexity index is 542. The lowest BCUT2D eigenvalue weighted by atomic mass is 9.97. The molecule has 0 amide bonds. The lowest BCUT2D eigenvalue weighted by molar-refractivity contribution is 0.194. The molecule has 3 heterocycles. The molecule has 5 heteroatoms. The third-order valence-electron chi connectivity index (χ3n) is 3.77. The molecule has 1 atom stereocenters. The highest BCUT2D eigenvalue weighted by atomic mass is 15.3. The van der Waals surface area contributed by atoms with Crippen LogP contribution in [0.5, 0.6) is 0 Å². The van der Waals surface area contributed by atoms with Crippen LogP contribution in [0, 0.1) is 6.92 Å². The second-order valence-electron chi connectivity index (χ2n) is 5.51. The quantitative estimate of drug-likeness (QED) is 0.915. The van der Waals surface area contributed by atoms with Crippen LogP contribution < -0.4 is 0 Å². The lowest BCUT2D eigenvalue weighted by Crippen LogP contribution is -2.34. The van der Waals surface area contributed by atoms with Crippen LogP contribution in [-0.2, 0) is 13.6 Å². The maximum atomic E-state index is 4.48.